The normalized spacial score (nSPS) is 11.8. The van der Waals surface area contributed by atoms with E-state index >= 15 is 0 Å². The van der Waals surface area contributed by atoms with Gasteiger partial charge in [-0.15, -0.1) is 0 Å². The highest BCUT2D eigenvalue weighted by Gasteiger charge is 2.19. The van der Waals surface area contributed by atoms with Crippen molar-refractivity contribution in [1.82, 2.24) is 0 Å². The molecule has 0 spiro atoms. The molecule has 3 aromatic carbocycles. The molecule has 0 saturated carbocycles. The summed E-state index contributed by atoms with van der Waals surface area (Å²) in [5.41, 5.74) is 4.30. The molecular formula is C21H14O4. The lowest BCUT2D eigenvalue weighted by atomic mass is 9.94. The van der Waals surface area contributed by atoms with E-state index in [1.165, 1.54) is 0 Å². The van der Waals surface area contributed by atoms with Crippen LogP contribution in [0.3, 0.4) is 0 Å². The molecule has 1 heterocycles. The number of hydrogen-bond acceptors (Lipinski definition) is 3. The first-order valence-electron chi connectivity index (χ1n) is 7.87. The van der Waals surface area contributed by atoms with Gasteiger partial charge in [-0.05, 0) is 40.5 Å². The molecule has 0 fully saturated rings. The molecule has 122 valence electrons. The Hall–Kier alpha value is -3.40. The van der Waals surface area contributed by atoms with Crippen LogP contribution in [-0.4, -0.2) is 17.4 Å². The fourth-order valence-electron chi connectivity index (χ4n) is 3.09. The van der Waals surface area contributed by atoms with Crippen LogP contribution in [0.1, 0.15) is 31.8 Å². The van der Waals surface area contributed by atoms with Gasteiger partial charge in [-0.1, -0.05) is 42.5 Å². The summed E-state index contributed by atoms with van der Waals surface area (Å²) in [4.78, 5) is 22.4. The van der Waals surface area contributed by atoms with Crippen LogP contribution in [0.5, 0.6) is 11.5 Å². The van der Waals surface area contributed by atoms with Gasteiger partial charge in [-0.2, -0.15) is 0 Å². The Balaban J connectivity index is 1.77. The van der Waals surface area contributed by atoms with Crippen LogP contribution in [0.4, 0.5) is 0 Å². The highest BCUT2D eigenvalue weighted by atomic mass is 16.5. The third-order valence-corrected chi connectivity index (χ3v) is 4.36. The van der Waals surface area contributed by atoms with E-state index in [2.05, 4.69) is 0 Å². The van der Waals surface area contributed by atoms with Gasteiger partial charge in [0.15, 0.2) is 0 Å². The highest BCUT2D eigenvalue weighted by Crippen LogP contribution is 2.39. The van der Waals surface area contributed by atoms with E-state index in [1.807, 2.05) is 30.3 Å². The second-order valence-electron chi connectivity index (χ2n) is 5.94. The molecule has 1 N–H and O–H groups in total. The molecule has 0 amide bonds. The minimum Gasteiger partial charge on any atom is -0.478 e. The minimum absolute atomic E-state index is 0.252. The number of aldehydes is 1. The number of carboxylic acid groups (broad SMARTS) is 1. The third-order valence-electron chi connectivity index (χ3n) is 4.36. The second-order valence-corrected chi connectivity index (χ2v) is 5.94. The van der Waals surface area contributed by atoms with Gasteiger partial charge in [0.2, 0.25) is 0 Å². The molecule has 0 atom stereocenters. The summed E-state index contributed by atoms with van der Waals surface area (Å²) < 4.78 is 5.98. The largest absolute Gasteiger partial charge is 0.478 e. The number of carboxylic acids is 1. The first-order chi connectivity index (χ1) is 12.2. The van der Waals surface area contributed by atoms with Crippen molar-refractivity contribution in [3.63, 3.8) is 0 Å². The number of carbonyl (C=O) groups excluding carboxylic acids is 1. The number of ether oxygens (including phenoxy) is 1. The maximum Gasteiger partial charge on any atom is 0.336 e. The molecule has 1 aliphatic rings. The molecule has 4 nitrogen and oxygen atoms in total. The summed E-state index contributed by atoms with van der Waals surface area (Å²) in [5.74, 6) is 0.393. The lowest BCUT2D eigenvalue weighted by Crippen LogP contribution is -2.04. The Morgan fingerprint density at radius 2 is 1.68 bits per heavy atom. The molecule has 4 rings (SSSR count). The SMILES string of the molecule is O=Cc1ccc2c(c1)Oc1cc(-c3ccccc3C(=O)O)ccc1C2. The monoisotopic (exact) mass is 330 g/mol. The first-order valence-corrected chi connectivity index (χ1v) is 7.87. The van der Waals surface area contributed by atoms with Gasteiger partial charge in [-0.25, -0.2) is 4.79 Å². The Morgan fingerprint density at radius 3 is 2.44 bits per heavy atom. The van der Waals surface area contributed by atoms with Gasteiger partial charge >= 0.3 is 5.97 Å². The van der Waals surface area contributed by atoms with Gasteiger partial charge in [0.05, 0.1) is 5.56 Å². The van der Waals surface area contributed by atoms with Gasteiger partial charge in [0.1, 0.15) is 17.8 Å². The predicted molar refractivity (Wildman–Crippen MR) is 93.5 cm³/mol. The quantitative estimate of drug-likeness (QED) is 0.559. The number of fused-ring (bicyclic) bond motifs is 2. The molecule has 25 heavy (non-hydrogen) atoms. The summed E-state index contributed by atoms with van der Waals surface area (Å²) in [5, 5.41) is 9.39. The first kappa shape index (κ1) is 15.1. The van der Waals surface area contributed by atoms with E-state index in [9.17, 15) is 14.7 Å². The van der Waals surface area contributed by atoms with Crippen LogP contribution < -0.4 is 4.74 Å². The standard InChI is InChI=1S/C21H14O4/c22-12-13-5-6-15-10-16-8-7-14(11-20(16)25-19(15)9-13)17-3-1-2-4-18(17)21(23)24/h1-9,11-12H,10H2,(H,23,24). The fraction of sp³-hybridized carbons (Fsp3) is 0.0476. The van der Waals surface area contributed by atoms with E-state index in [4.69, 9.17) is 4.74 Å². The molecule has 1 aliphatic heterocycles. The van der Waals surface area contributed by atoms with Crippen molar-refractivity contribution in [3.8, 4) is 22.6 Å². The smallest absolute Gasteiger partial charge is 0.336 e. The molecule has 4 heteroatoms. The Morgan fingerprint density at radius 1 is 0.960 bits per heavy atom. The maximum absolute atomic E-state index is 11.5. The predicted octanol–water partition coefficient (Wildman–Crippen LogP) is 4.56. The summed E-state index contributed by atoms with van der Waals surface area (Å²) in [7, 11) is 0. The number of carbonyl (C=O) groups is 2. The molecule has 3 aromatic rings. The second kappa shape index (κ2) is 5.91. The summed E-state index contributed by atoms with van der Waals surface area (Å²) in [6.45, 7) is 0. The molecule has 0 aromatic heterocycles. The molecule has 0 unspecified atom stereocenters. The number of aromatic carboxylic acids is 1. The lowest BCUT2D eigenvalue weighted by molar-refractivity contribution is 0.0697. The zero-order valence-corrected chi connectivity index (χ0v) is 13.2. The molecule has 0 radical (unpaired) electrons. The molecular weight excluding hydrogens is 316 g/mol. The van der Waals surface area contributed by atoms with Crippen LogP contribution >= 0.6 is 0 Å². The topological polar surface area (TPSA) is 63.6 Å². The number of benzene rings is 3. The van der Waals surface area contributed by atoms with Crippen LogP contribution in [0.15, 0.2) is 60.7 Å². The Labute approximate surface area is 144 Å². The molecule has 0 saturated heterocycles. The van der Waals surface area contributed by atoms with Gasteiger partial charge in [-0.3, -0.25) is 4.79 Å². The van der Waals surface area contributed by atoms with Crippen LogP contribution in [0, 0.1) is 0 Å². The number of rotatable bonds is 3. The average molecular weight is 330 g/mol. The molecule has 0 bridgehead atoms. The van der Waals surface area contributed by atoms with Crippen LogP contribution in [0.2, 0.25) is 0 Å². The van der Waals surface area contributed by atoms with Crippen molar-refractivity contribution in [2.75, 3.05) is 0 Å². The van der Waals surface area contributed by atoms with Crippen molar-refractivity contribution in [2.24, 2.45) is 0 Å². The maximum atomic E-state index is 11.5. The molecule has 0 aliphatic carbocycles. The van der Waals surface area contributed by atoms with Crippen LogP contribution in [-0.2, 0) is 6.42 Å². The van der Waals surface area contributed by atoms with Gasteiger partial charge in [0.25, 0.3) is 0 Å². The van der Waals surface area contributed by atoms with Crippen molar-refractivity contribution >= 4 is 12.3 Å². The van der Waals surface area contributed by atoms with E-state index in [0.717, 1.165) is 23.0 Å². The van der Waals surface area contributed by atoms with Crippen molar-refractivity contribution in [3.05, 3.63) is 82.9 Å². The Kier molecular flexibility index (Phi) is 3.58. The van der Waals surface area contributed by atoms with Gasteiger partial charge in [0, 0.05) is 12.0 Å². The highest BCUT2D eigenvalue weighted by molar-refractivity contribution is 5.96. The van der Waals surface area contributed by atoms with Crippen molar-refractivity contribution < 1.29 is 19.4 Å². The van der Waals surface area contributed by atoms with E-state index < -0.39 is 5.97 Å². The Bertz CT molecular complexity index is 1000. The van der Waals surface area contributed by atoms with Crippen molar-refractivity contribution in [2.45, 2.75) is 6.42 Å². The average Bonchev–Trinajstić information content (AvgIpc) is 2.65. The minimum atomic E-state index is -0.963. The number of hydrogen-bond donors (Lipinski definition) is 1. The zero-order valence-electron chi connectivity index (χ0n) is 13.2. The van der Waals surface area contributed by atoms with Crippen LogP contribution in [0.25, 0.3) is 11.1 Å². The van der Waals surface area contributed by atoms with Gasteiger partial charge < -0.3 is 9.84 Å². The third kappa shape index (κ3) is 2.68. The summed E-state index contributed by atoms with van der Waals surface area (Å²) in [6, 6.07) is 18.0. The van der Waals surface area contributed by atoms with Crippen molar-refractivity contribution in [1.29, 1.82) is 0 Å². The van der Waals surface area contributed by atoms with E-state index in [1.54, 1.807) is 30.3 Å². The van der Waals surface area contributed by atoms with E-state index in [0.29, 0.717) is 29.0 Å². The summed E-state index contributed by atoms with van der Waals surface area (Å²) in [6.07, 6.45) is 1.50. The zero-order chi connectivity index (χ0) is 17.4. The lowest BCUT2D eigenvalue weighted by Gasteiger charge is -2.21. The van der Waals surface area contributed by atoms with E-state index in [-0.39, 0.29) is 5.56 Å². The summed E-state index contributed by atoms with van der Waals surface area (Å²) >= 11 is 0. The fourth-order valence-corrected chi connectivity index (χ4v) is 3.09.